The van der Waals surface area contributed by atoms with Crippen molar-refractivity contribution in [3.8, 4) is 0 Å². The number of hydrogen-bond donors (Lipinski definition) is 1. The molecule has 1 aliphatic rings. The van der Waals surface area contributed by atoms with E-state index in [1.54, 1.807) is 17.2 Å². The number of anilines is 1. The zero-order valence-electron chi connectivity index (χ0n) is 13.9. The van der Waals surface area contributed by atoms with E-state index in [9.17, 15) is 4.79 Å². The number of imidazole rings is 1. The zero-order chi connectivity index (χ0) is 17.4. The summed E-state index contributed by atoms with van der Waals surface area (Å²) in [5.41, 5.74) is 3.36. The Labute approximate surface area is 143 Å². The smallest absolute Gasteiger partial charge is 0.358 e. The van der Waals surface area contributed by atoms with Gasteiger partial charge in [0.15, 0.2) is 5.69 Å². The first kappa shape index (κ1) is 15.3. The van der Waals surface area contributed by atoms with Crippen LogP contribution in [0.25, 0.3) is 0 Å². The number of aromatic nitrogens is 6. The van der Waals surface area contributed by atoms with E-state index in [0.29, 0.717) is 18.9 Å². The van der Waals surface area contributed by atoms with Crippen LogP contribution >= 0.6 is 0 Å². The van der Waals surface area contributed by atoms with E-state index < -0.39 is 5.97 Å². The van der Waals surface area contributed by atoms with Crippen LogP contribution in [0, 0.1) is 0 Å². The lowest BCUT2D eigenvalue weighted by Crippen LogP contribution is -2.34. The number of carbonyl (C=O) groups is 1. The van der Waals surface area contributed by atoms with Gasteiger partial charge in [-0.2, -0.15) is 5.10 Å². The van der Waals surface area contributed by atoms with Crippen LogP contribution in [-0.4, -0.2) is 49.3 Å². The minimum absolute atomic E-state index is 0.0887. The Kier molecular flexibility index (Phi) is 3.68. The molecule has 0 aromatic carbocycles. The van der Waals surface area contributed by atoms with E-state index in [1.165, 1.54) is 13.3 Å². The first-order chi connectivity index (χ1) is 12.2. The molecule has 0 saturated carbocycles. The minimum Gasteiger partial charge on any atom is -0.464 e. The number of nitrogens with one attached hydrogen (secondary N) is 1. The van der Waals surface area contributed by atoms with E-state index in [2.05, 4.69) is 34.7 Å². The zero-order valence-corrected chi connectivity index (χ0v) is 13.9. The number of aryl methyl sites for hydroxylation is 1. The highest BCUT2D eigenvalue weighted by Crippen LogP contribution is 2.32. The highest BCUT2D eigenvalue weighted by Gasteiger charge is 2.30. The highest BCUT2D eigenvalue weighted by atomic mass is 16.5. The molecule has 0 bridgehead atoms. The molecule has 0 fully saturated rings. The molecular formula is C16H17N7O2. The maximum atomic E-state index is 11.5. The van der Waals surface area contributed by atoms with Crippen molar-refractivity contribution < 1.29 is 9.53 Å². The molecule has 4 heterocycles. The highest BCUT2D eigenvalue weighted by molar-refractivity contribution is 5.86. The topological polar surface area (TPSA) is 102 Å². The second-order valence-corrected chi connectivity index (χ2v) is 5.90. The summed E-state index contributed by atoms with van der Waals surface area (Å²) in [5.74, 6) is 0.286. The Bertz CT molecular complexity index is 899. The lowest BCUT2D eigenvalue weighted by atomic mass is 9.93. The molecule has 25 heavy (non-hydrogen) atoms. The molecule has 0 saturated heterocycles. The molecule has 1 aliphatic heterocycles. The van der Waals surface area contributed by atoms with Crippen LogP contribution in [0.2, 0.25) is 0 Å². The first-order valence-electron chi connectivity index (χ1n) is 7.81. The van der Waals surface area contributed by atoms with Gasteiger partial charge in [0.25, 0.3) is 0 Å². The van der Waals surface area contributed by atoms with E-state index in [0.717, 1.165) is 17.0 Å². The summed E-state index contributed by atoms with van der Waals surface area (Å²) in [6, 6.07) is 0. The molecule has 9 heteroatoms. The van der Waals surface area contributed by atoms with Gasteiger partial charge in [0.2, 0.25) is 0 Å². The Balaban J connectivity index is 1.65. The number of H-pyrrole nitrogens is 1. The number of rotatable bonds is 3. The Hall–Kier alpha value is -3.23. The number of carbonyl (C=O) groups excluding carboxylic acids is 1. The van der Waals surface area contributed by atoms with Crippen LogP contribution in [0.1, 0.15) is 33.4 Å². The fourth-order valence-electron chi connectivity index (χ4n) is 3.07. The van der Waals surface area contributed by atoms with Gasteiger partial charge in [-0.3, -0.25) is 4.68 Å². The van der Waals surface area contributed by atoms with E-state index >= 15 is 0 Å². The minimum atomic E-state index is -0.498. The fourth-order valence-corrected chi connectivity index (χ4v) is 3.07. The molecule has 0 spiro atoms. The molecule has 3 aromatic heterocycles. The van der Waals surface area contributed by atoms with Crippen molar-refractivity contribution in [3.63, 3.8) is 0 Å². The maximum absolute atomic E-state index is 11.5. The van der Waals surface area contributed by atoms with Gasteiger partial charge in [0.05, 0.1) is 50.0 Å². The molecule has 4 rings (SSSR count). The second kappa shape index (κ2) is 6.00. The van der Waals surface area contributed by atoms with Gasteiger partial charge in [-0.25, -0.2) is 19.7 Å². The van der Waals surface area contributed by atoms with Crippen LogP contribution in [0.15, 0.2) is 31.1 Å². The van der Waals surface area contributed by atoms with Gasteiger partial charge in [-0.05, 0) is 0 Å². The van der Waals surface area contributed by atoms with Crippen LogP contribution in [0.3, 0.4) is 0 Å². The molecular weight excluding hydrogens is 322 g/mol. The normalized spacial score (nSPS) is 16.6. The monoisotopic (exact) mass is 339 g/mol. The largest absolute Gasteiger partial charge is 0.464 e. The molecule has 1 atom stereocenters. The summed E-state index contributed by atoms with van der Waals surface area (Å²) >= 11 is 0. The van der Waals surface area contributed by atoms with Crippen molar-refractivity contribution in [1.82, 2.24) is 29.7 Å². The molecule has 0 radical (unpaired) electrons. The first-order valence-corrected chi connectivity index (χ1v) is 7.81. The summed E-state index contributed by atoms with van der Waals surface area (Å²) in [5, 5.41) is 4.27. The summed E-state index contributed by atoms with van der Waals surface area (Å²) in [7, 11) is 3.22. The van der Waals surface area contributed by atoms with Gasteiger partial charge in [-0.1, -0.05) is 0 Å². The standard InChI is InChI=1S/C16H17N7O2/c1-22-6-10(3-21-22)11-7-23(8-13-15(11)20-9-19-13)14-5-17-12(4-18-14)16(24)25-2/h3-6,9,11H,7-8H2,1-2H3,(H,19,20). The van der Waals surface area contributed by atoms with Crippen molar-refractivity contribution in [2.45, 2.75) is 12.5 Å². The predicted molar refractivity (Wildman–Crippen MR) is 88.1 cm³/mol. The molecule has 0 amide bonds. The maximum Gasteiger partial charge on any atom is 0.358 e. The van der Waals surface area contributed by atoms with Crippen LogP contribution in [0.5, 0.6) is 0 Å². The lowest BCUT2D eigenvalue weighted by Gasteiger charge is -2.32. The molecule has 1 unspecified atom stereocenters. The molecule has 9 nitrogen and oxygen atoms in total. The van der Waals surface area contributed by atoms with Crippen molar-refractivity contribution in [2.75, 3.05) is 18.6 Å². The third kappa shape index (κ3) is 2.73. The van der Waals surface area contributed by atoms with E-state index in [-0.39, 0.29) is 11.6 Å². The molecule has 1 N–H and O–H groups in total. The third-order valence-corrected chi connectivity index (χ3v) is 4.32. The molecule has 128 valence electrons. The third-order valence-electron chi connectivity index (χ3n) is 4.32. The van der Waals surface area contributed by atoms with E-state index in [4.69, 9.17) is 0 Å². The summed E-state index contributed by atoms with van der Waals surface area (Å²) < 4.78 is 6.44. The van der Waals surface area contributed by atoms with E-state index in [1.807, 2.05) is 19.4 Å². The Morgan fingerprint density at radius 2 is 2.16 bits per heavy atom. The van der Waals surface area contributed by atoms with Crippen molar-refractivity contribution >= 4 is 11.8 Å². The van der Waals surface area contributed by atoms with Crippen molar-refractivity contribution in [2.24, 2.45) is 7.05 Å². The number of hydrogen-bond acceptors (Lipinski definition) is 7. The van der Waals surface area contributed by atoms with Crippen molar-refractivity contribution in [1.29, 1.82) is 0 Å². The molecule has 0 aliphatic carbocycles. The number of esters is 1. The van der Waals surface area contributed by atoms with Gasteiger partial charge < -0.3 is 14.6 Å². The number of nitrogens with zero attached hydrogens (tertiary/aromatic N) is 6. The van der Waals surface area contributed by atoms with Gasteiger partial charge in [-0.15, -0.1) is 0 Å². The fraction of sp³-hybridized carbons (Fsp3) is 0.312. The summed E-state index contributed by atoms with van der Waals surface area (Å²) in [6.07, 6.45) is 8.59. The van der Waals surface area contributed by atoms with Crippen molar-refractivity contribution in [3.05, 3.63) is 53.8 Å². The van der Waals surface area contributed by atoms with Crippen LogP contribution in [-0.2, 0) is 18.3 Å². The average Bonchev–Trinajstić information content (AvgIpc) is 3.29. The Morgan fingerprint density at radius 3 is 2.84 bits per heavy atom. The SMILES string of the molecule is COC(=O)c1cnc(N2Cc3[nH]cnc3C(c3cnn(C)c3)C2)cn1. The lowest BCUT2D eigenvalue weighted by molar-refractivity contribution is 0.0593. The number of ether oxygens (including phenoxy) is 1. The van der Waals surface area contributed by atoms with Crippen LogP contribution < -0.4 is 4.90 Å². The number of fused-ring (bicyclic) bond motifs is 1. The Morgan fingerprint density at radius 1 is 1.28 bits per heavy atom. The quantitative estimate of drug-likeness (QED) is 0.706. The van der Waals surface area contributed by atoms with Gasteiger partial charge in [0.1, 0.15) is 5.82 Å². The second-order valence-electron chi connectivity index (χ2n) is 5.90. The predicted octanol–water partition coefficient (Wildman–Crippen LogP) is 0.872. The van der Waals surface area contributed by atoms with Crippen LogP contribution in [0.4, 0.5) is 5.82 Å². The number of aromatic amines is 1. The van der Waals surface area contributed by atoms with Gasteiger partial charge >= 0.3 is 5.97 Å². The summed E-state index contributed by atoms with van der Waals surface area (Å²) in [4.78, 5) is 29.8. The summed E-state index contributed by atoms with van der Waals surface area (Å²) in [6.45, 7) is 1.36. The number of methoxy groups -OCH3 is 1. The average molecular weight is 339 g/mol. The van der Waals surface area contributed by atoms with Gasteiger partial charge in [0, 0.05) is 31.3 Å². The molecule has 3 aromatic rings.